The van der Waals surface area contributed by atoms with Gasteiger partial charge in [-0.05, 0) is 61.7 Å². The first-order chi connectivity index (χ1) is 14.2. The summed E-state index contributed by atoms with van der Waals surface area (Å²) in [5.74, 6) is 2.75. The number of ether oxygens (including phenoxy) is 2. The number of nitrogens with zero attached hydrogens (tertiary/aromatic N) is 2. The summed E-state index contributed by atoms with van der Waals surface area (Å²) in [6.07, 6.45) is 0.895. The van der Waals surface area contributed by atoms with Crippen LogP contribution < -0.4 is 9.47 Å². The Morgan fingerprint density at radius 2 is 1.66 bits per heavy atom. The maximum atomic E-state index is 6.13. The molecule has 29 heavy (non-hydrogen) atoms. The molecule has 4 heteroatoms. The van der Waals surface area contributed by atoms with Gasteiger partial charge in [0, 0.05) is 6.54 Å². The van der Waals surface area contributed by atoms with Crippen molar-refractivity contribution >= 4 is 11.0 Å². The first-order valence-electron chi connectivity index (χ1n) is 10.0. The number of hydrogen-bond donors (Lipinski definition) is 0. The Labute approximate surface area is 171 Å². The molecule has 0 saturated heterocycles. The SMILES string of the molecule is Cc1ccc(C)c(OCc2nc3ccccc3n2CCCOc2ccccc2)c1. The third-order valence-electron chi connectivity index (χ3n) is 4.97. The topological polar surface area (TPSA) is 36.3 Å². The lowest BCUT2D eigenvalue weighted by Gasteiger charge is -2.13. The Kier molecular flexibility index (Phi) is 5.80. The molecule has 0 radical (unpaired) electrons. The molecule has 0 aliphatic carbocycles. The molecule has 148 valence electrons. The molecule has 0 fully saturated rings. The Hall–Kier alpha value is -3.27. The van der Waals surface area contributed by atoms with E-state index in [4.69, 9.17) is 14.5 Å². The molecule has 4 nitrogen and oxygen atoms in total. The van der Waals surface area contributed by atoms with E-state index in [9.17, 15) is 0 Å². The minimum absolute atomic E-state index is 0.443. The van der Waals surface area contributed by atoms with Crippen molar-refractivity contribution in [1.82, 2.24) is 9.55 Å². The van der Waals surface area contributed by atoms with Crippen molar-refractivity contribution in [1.29, 1.82) is 0 Å². The highest BCUT2D eigenvalue weighted by molar-refractivity contribution is 5.75. The van der Waals surface area contributed by atoms with Crippen LogP contribution in [0.5, 0.6) is 11.5 Å². The third kappa shape index (κ3) is 4.60. The van der Waals surface area contributed by atoms with Gasteiger partial charge in [0.05, 0.1) is 17.6 Å². The monoisotopic (exact) mass is 386 g/mol. The van der Waals surface area contributed by atoms with Crippen LogP contribution in [-0.4, -0.2) is 16.2 Å². The normalized spacial score (nSPS) is 11.0. The van der Waals surface area contributed by atoms with Crippen LogP contribution in [0.4, 0.5) is 0 Å². The smallest absolute Gasteiger partial charge is 0.148 e. The maximum absolute atomic E-state index is 6.13. The fourth-order valence-corrected chi connectivity index (χ4v) is 3.42. The van der Waals surface area contributed by atoms with Gasteiger partial charge < -0.3 is 14.0 Å². The summed E-state index contributed by atoms with van der Waals surface area (Å²) in [4.78, 5) is 4.81. The average Bonchev–Trinajstić information content (AvgIpc) is 3.10. The largest absolute Gasteiger partial charge is 0.494 e. The molecule has 1 aromatic heterocycles. The van der Waals surface area contributed by atoms with Gasteiger partial charge in [-0.25, -0.2) is 4.98 Å². The van der Waals surface area contributed by atoms with E-state index >= 15 is 0 Å². The lowest BCUT2D eigenvalue weighted by atomic mass is 10.1. The van der Waals surface area contributed by atoms with Gasteiger partial charge in [0.1, 0.15) is 23.9 Å². The molecule has 0 unspecified atom stereocenters. The number of hydrogen-bond acceptors (Lipinski definition) is 3. The molecule has 0 amide bonds. The summed E-state index contributed by atoms with van der Waals surface area (Å²) in [5.41, 5.74) is 4.45. The standard InChI is InChI=1S/C25H26N2O2/c1-19-13-14-20(2)24(17-19)29-18-25-26-22-11-6-7-12-23(22)27(25)15-8-16-28-21-9-4-3-5-10-21/h3-7,9-14,17H,8,15-16,18H2,1-2H3. The lowest BCUT2D eigenvalue weighted by molar-refractivity contribution is 0.279. The lowest BCUT2D eigenvalue weighted by Crippen LogP contribution is -2.10. The van der Waals surface area contributed by atoms with Crippen molar-refractivity contribution in [2.75, 3.05) is 6.61 Å². The summed E-state index contributed by atoms with van der Waals surface area (Å²) in [5, 5.41) is 0. The molecular weight excluding hydrogens is 360 g/mol. The summed E-state index contributed by atoms with van der Waals surface area (Å²) in [6, 6.07) is 24.4. The molecule has 1 heterocycles. The van der Waals surface area contributed by atoms with Crippen LogP contribution in [0.1, 0.15) is 23.4 Å². The Morgan fingerprint density at radius 1 is 0.862 bits per heavy atom. The van der Waals surface area contributed by atoms with Crippen LogP contribution in [0.2, 0.25) is 0 Å². The molecule has 0 spiro atoms. The van der Waals surface area contributed by atoms with Crippen LogP contribution in [0.15, 0.2) is 72.8 Å². The van der Waals surface area contributed by atoms with Crippen molar-refractivity contribution in [2.24, 2.45) is 0 Å². The molecule has 3 aromatic carbocycles. The Bertz CT molecular complexity index is 1090. The molecular formula is C25H26N2O2. The number of para-hydroxylation sites is 3. The molecule has 0 saturated carbocycles. The van der Waals surface area contributed by atoms with Crippen LogP contribution >= 0.6 is 0 Å². The first kappa shape index (κ1) is 19.1. The summed E-state index contributed by atoms with van der Waals surface area (Å²) >= 11 is 0. The van der Waals surface area contributed by atoms with Crippen molar-refractivity contribution in [3.8, 4) is 11.5 Å². The fourth-order valence-electron chi connectivity index (χ4n) is 3.42. The minimum Gasteiger partial charge on any atom is -0.494 e. The Balaban J connectivity index is 1.47. The van der Waals surface area contributed by atoms with Gasteiger partial charge in [0.25, 0.3) is 0 Å². The van der Waals surface area contributed by atoms with Gasteiger partial charge in [-0.15, -0.1) is 0 Å². The quantitative estimate of drug-likeness (QED) is 0.364. The molecule has 0 aliphatic rings. The highest BCUT2D eigenvalue weighted by Crippen LogP contribution is 2.22. The molecule has 0 atom stereocenters. The van der Waals surface area contributed by atoms with Crippen molar-refractivity contribution in [3.63, 3.8) is 0 Å². The van der Waals surface area contributed by atoms with Crippen LogP contribution in [0.25, 0.3) is 11.0 Å². The van der Waals surface area contributed by atoms with Gasteiger partial charge >= 0.3 is 0 Å². The summed E-state index contributed by atoms with van der Waals surface area (Å²) in [7, 11) is 0. The number of aryl methyl sites for hydroxylation is 3. The number of aromatic nitrogens is 2. The van der Waals surface area contributed by atoms with E-state index in [1.807, 2.05) is 42.5 Å². The van der Waals surface area contributed by atoms with Crippen LogP contribution in [0, 0.1) is 13.8 Å². The second-order valence-corrected chi connectivity index (χ2v) is 7.24. The zero-order valence-corrected chi connectivity index (χ0v) is 17.0. The number of imidazole rings is 1. The zero-order chi connectivity index (χ0) is 20.1. The average molecular weight is 386 g/mol. The zero-order valence-electron chi connectivity index (χ0n) is 17.0. The predicted octanol–water partition coefficient (Wildman–Crippen LogP) is 5.70. The number of benzene rings is 3. The van der Waals surface area contributed by atoms with E-state index in [-0.39, 0.29) is 0 Å². The van der Waals surface area contributed by atoms with E-state index in [0.717, 1.165) is 46.9 Å². The summed E-state index contributed by atoms with van der Waals surface area (Å²) in [6.45, 7) is 6.08. The van der Waals surface area contributed by atoms with Crippen LogP contribution in [-0.2, 0) is 13.2 Å². The predicted molar refractivity (Wildman–Crippen MR) is 117 cm³/mol. The van der Waals surface area contributed by atoms with Gasteiger partial charge in [-0.2, -0.15) is 0 Å². The fraction of sp³-hybridized carbons (Fsp3) is 0.240. The van der Waals surface area contributed by atoms with E-state index in [0.29, 0.717) is 13.2 Å². The van der Waals surface area contributed by atoms with Gasteiger partial charge in [0.15, 0.2) is 0 Å². The maximum Gasteiger partial charge on any atom is 0.148 e. The molecule has 0 aliphatic heterocycles. The van der Waals surface area contributed by atoms with E-state index in [2.05, 4.69) is 48.7 Å². The van der Waals surface area contributed by atoms with Gasteiger partial charge in [-0.3, -0.25) is 0 Å². The van der Waals surface area contributed by atoms with Crippen molar-refractivity contribution in [3.05, 3.63) is 89.7 Å². The minimum atomic E-state index is 0.443. The van der Waals surface area contributed by atoms with Gasteiger partial charge in [-0.1, -0.05) is 42.5 Å². The van der Waals surface area contributed by atoms with Gasteiger partial charge in [0.2, 0.25) is 0 Å². The molecule has 0 bridgehead atoms. The summed E-state index contributed by atoms with van der Waals surface area (Å²) < 4.78 is 14.2. The van der Waals surface area contributed by atoms with Crippen LogP contribution in [0.3, 0.4) is 0 Å². The van der Waals surface area contributed by atoms with Crippen molar-refractivity contribution in [2.45, 2.75) is 33.4 Å². The number of rotatable bonds is 8. The van der Waals surface area contributed by atoms with E-state index in [1.54, 1.807) is 0 Å². The van der Waals surface area contributed by atoms with E-state index in [1.165, 1.54) is 5.56 Å². The number of fused-ring (bicyclic) bond motifs is 1. The highest BCUT2D eigenvalue weighted by atomic mass is 16.5. The Morgan fingerprint density at radius 3 is 2.52 bits per heavy atom. The highest BCUT2D eigenvalue weighted by Gasteiger charge is 2.12. The second kappa shape index (κ2) is 8.82. The molecule has 4 rings (SSSR count). The van der Waals surface area contributed by atoms with Crippen molar-refractivity contribution < 1.29 is 9.47 Å². The van der Waals surface area contributed by atoms with E-state index < -0.39 is 0 Å². The third-order valence-corrected chi connectivity index (χ3v) is 4.97. The second-order valence-electron chi connectivity index (χ2n) is 7.24. The first-order valence-corrected chi connectivity index (χ1v) is 10.0. The molecule has 4 aromatic rings. The molecule has 0 N–H and O–H groups in total.